The zero-order valence-corrected chi connectivity index (χ0v) is 12.3. The number of methoxy groups -OCH3 is 1. The van der Waals surface area contributed by atoms with Crippen molar-refractivity contribution >= 4 is 11.8 Å². The van der Waals surface area contributed by atoms with Crippen LogP contribution in [0, 0.1) is 11.8 Å². The van der Waals surface area contributed by atoms with E-state index < -0.39 is 0 Å². The predicted molar refractivity (Wildman–Crippen MR) is 77.5 cm³/mol. The van der Waals surface area contributed by atoms with Crippen molar-refractivity contribution in [3.8, 4) is 0 Å². The lowest BCUT2D eigenvalue weighted by Crippen LogP contribution is -2.32. The molecule has 1 fully saturated rings. The Morgan fingerprint density at radius 3 is 2.82 bits per heavy atom. The number of rotatable bonds is 8. The van der Waals surface area contributed by atoms with Crippen LogP contribution in [0.2, 0.25) is 0 Å². The van der Waals surface area contributed by atoms with E-state index in [1.54, 1.807) is 7.11 Å². The van der Waals surface area contributed by atoms with Gasteiger partial charge >= 0.3 is 0 Å². The molecule has 3 atom stereocenters. The summed E-state index contributed by atoms with van der Waals surface area (Å²) in [4.78, 5) is 0. The van der Waals surface area contributed by atoms with Gasteiger partial charge in [0.05, 0.1) is 0 Å². The van der Waals surface area contributed by atoms with E-state index in [9.17, 15) is 0 Å². The summed E-state index contributed by atoms with van der Waals surface area (Å²) in [7, 11) is 1.78. The highest BCUT2D eigenvalue weighted by atomic mass is 32.2. The fourth-order valence-electron chi connectivity index (χ4n) is 2.86. The molecule has 0 aromatic carbocycles. The lowest BCUT2D eigenvalue weighted by molar-refractivity contribution is 0.200. The van der Waals surface area contributed by atoms with Gasteiger partial charge in [0.2, 0.25) is 0 Å². The van der Waals surface area contributed by atoms with E-state index >= 15 is 0 Å². The number of hydrogen-bond acceptors (Lipinski definition) is 3. The average molecular weight is 259 g/mol. The Morgan fingerprint density at radius 1 is 1.35 bits per heavy atom. The van der Waals surface area contributed by atoms with Crippen molar-refractivity contribution in [3.63, 3.8) is 0 Å². The molecule has 0 bridgehead atoms. The molecule has 0 heterocycles. The SMILES string of the molecule is CCCC1CCC(CN)C(SCCCOC)C1. The van der Waals surface area contributed by atoms with Gasteiger partial charge < -0.3 is 10.5 Å². The van der Waals surface area contributed by atoms with Crippen molar-refractivity contribution in [1.82, 2.24) is 0 Å². The fourth-order valence-corrected chi connectivity index (χ4v) is 4.37. The Balaban J connectivity index is 2.29. The van der Waals surface area contributed by atoms with Gasteiger partial charge in [-0.05, 0) is 43.4 Å². The molecule has 17 heavy (non-hydrogen) atoms. The average Bonchev–Trinajstić information content (AvgIpc) is 2.35. The van der Waals surface area contributed by atoms with Gasteiger partial charge in [-0.2, -0.15) is 11.8 Å². The van der Waals surface area contributed by atoms with Crippen LogP contribution in [0.25, 0.3) is 0 Å². The molecule has 0 aromatic heterocycles. The standard InChI is InChI=1S/C14H29NOS/c1-3-5-12-6-7-13(11-15)14(10-12)17-9-4-8-16-2/h12-14H,3-11,15H2,1-2H3. The Bertz CT molecular complexity index is 189. The van der Waals surface area contributed by atoms with E-state index in [4.69, 9.17) is 10.5 Å². The monoisotopic (exact) mass is 259 g/mol. The van der Waals surface area contributed by atoms with E-state index in [0.717, 1.165) is 30.2 Å². The Hall–Kier alpha value is 0.270. The van der Waals surface area contributed by atoms with Crippen LogP contribution in [0.1, 0.15) is 45.4 Å². The first kappa shape index (κ1) is 15.3. The van der Waals surface area contributed by atoms with Gasteiger partial charge in [-0.3, -0.25) is 0 Å². The highest BCUT2D eigenvalue weighted by molar-refractivity contribution is 7.99. The molecule has 2 nitrogen and oxygen atoms in total. The fraction of sp³-hybridized carbons (Fsp3) is 1.00. The summed E-state index contributed by atoms with van der Waals surface area (Å²) in [6.45, 7) is 4.07. The zero-order chi connectivity index (χ0) is 12.5. The minimum absolute atomic E-state index is 0.760. The van der Waals surface area contributed by atoms with Crippen molar-refractivity contribution in [2.45, 2.75) is 50.7 Å². The lowest BCUT2D eigenvalue weighted by atomic mass is 9.80. The van der Waals surface area contributed by atoms with Crippen LogP contribution >= 0.6 is 11.8 Å². The molecule has 2 N–H and O–H groups in total. The molecule has 1 aliphatic rings. The summed E-state index contributed by atoms with van der Waals surface area (Å²) in [6.07, 6.45) is 8.07. The summed E-state index contributed by atoms with van der Waals surface area (Å²) in [5.41, 5.74) is 5.91. The molecule has 0 radical (unpaired) electrons. The number of thioether (sulfide) groups is 1. The summed E-state index contributed by atoms with van der Waals surface area (Å²) in [5.74, 6) is 2.95. The molecule has 3 unspecified atom stereocenters. The molecule has 0 aliphatic heterocycles. The van der Waals surface area contributed by atoms with E-state index in [0.29, 0.717) is 0 Å². The van der Waals surface area contributed by atoms with Gasteiger partial charge in [0.25, 0.3) is 0 Å². The molecule has 1 aliphatic carbocycles. The van der Waals surface area contributed by atoms with E-state index in [2.05, 4.69) is 18.7 Å². The molecule has 0 amide bonds. The maximum Gasteiger partial charge on any atom is 0.0470 e. The molecule has 102 valence electrons. The van der Waals surface area contributed by atoms with E-state index in [1.807, 2.05) is 0 Å². The van der Waals surface area contributed by atoms with Crippen molar-refractivity contribution in [2.75, 3.05) is 26.0 Å². The van der Waals surface area contributed by atoms with Crippen LogP contribution in [0.5, 0.6) is 0 Å². The zero-order valence-electron chi connectivity index (χ0n) is 11.5. The number of nitrogens with two attached hydrogens (primary N) is 1. The van der Waals surface area contributed by atoms with Crippen molar-refractivity contribution < 1.29 is 4.74 Å². The Kier molecular flexibility index (Phi) is 8.33. The van der Waals surface area contributed by atoms with Crippen LogP contribution < -0.4 is 5.73 Å². The second-order valence-electron chi connectivity index (χ2n) is 5.22. The van der Waals surface area contributed by atoms with Crippen LogP contribution in [0.4, 0.5) is 0 Å². The second-order valence-corrected chi connectivity index (χ2v) is 6.57. The number of ether oxygens (including phenoxy) is 1. The minimum Gasteiger partial charge on any atom is -0.385 e. The van der Waals surface area contributed by atoms with Gasteiger partial charge in [0, 0.05) is 19.0 Å². The molecule has 0 aromatic rings. The van der Waals surface area contributed by atoms with Gasteiger partial charge in [-0.15, -0.1) is 0 Å². The molecule has 0 saturated heterocycles. The summed E-state index contributed by atoms with van der Waals surface area (Å²) in [5, 5.41) is 0.808. The summed E-state index contributed by atoms with van der Waals surface area (Å²) >= 11 is 2.14. The first-order valence-electron chi connectivity index (χ1n) is 7.12. The third kappa shape index (κ3) is 5.62. The van der Waals surface area contributed by atoms with Crippen molar-refractivity contribution in [1.29, 1.82) is 0 Å². The maximum atomic E-state index is 5.91. The van der Waals surface area contributed by atoms with Gasteiger partial charge in [-0.1, -0.05) is 26.2 Å². The van der Waals surface area contributed by atoms with Crippen LogP contribution in [0.15, 0.2) is 0 Å². The molecular formula is C14H29NOS. The molecule has 1 saturated carbocycles. The largest absolute Gasteiger partial charge is 0.385 e. The van der Waals surface area contributed by atoms with Crippen LogP contribution in [-0.4, -0.2) is 31.3 Å². The normalized spacial score (nSPS) is 29.5. The minimum atomic E-state index is 0.760. The summed E-state index contributed by atoms with van der Waals surface area (Å²) < 4.78 is 5.11. The third-order valence-electron chi connectivity index (χ3n) is 3.86. The van der Waals surface area contributed by atoms with E-state index in [-0.39, 0.29) is 0 Å². The molecule has 0 spiro atoms. The molecular weight excluding hydrogens is 230 g/mol. The van der Waals surface area contributed by atoms with Crippen molar-refractivity contribution in [3.05, 3.63) is 0 Å². The van der Waals surface area contributed by atoms with Gasteiger partial charge in [-0.25, -0.2) is 0 Å². The number of hydrogen-bond donors (Lipinski definition) is 1. The topological polar surface area (TPSA) is 35.2 Å². The maximum absolute atomic E-state index is 5.91. The summed E-state index contributed by atoms with van der Waals surface area (Å²) in [6, 6.07) is 0. The Morgan fingerprint density at radius 2 is 2.18 bits per heavy atom. The molecule has 3 heteroatoms. The van der Waals surface area contributed by atoms with Crippen molar-refractivity contribution in [2.24, 2.45) is 17.6 Å². The van der Waals surface area contributed by atoms with E-state index in [1.165, 1.54) is 44.3 Å². The van der Waals surface area contributed by atoms with Gasteiger partial charge in [0.15, 0.2) is 0 Å². The quantitative estimate of drug-likeness (QED) is 0.679. The Labute approximate surface area is 111 Å². The lowest BCUT2D eigenvalue weighted by Gasteiger charge is -2.35. The van der Waals surface area contributed by atoms with Crippen LogP contribution in [-0.2, 0) is 4.74 Å². The molecule has 1 rings (SSSR count). The highest BCUT2D eigenvalue weighted by Gasteiger charge is 2.29. The third-order valence-corrected chi connectivity index (χ3v) is 5.39. The first-order valence-corrected chi connectivity index (χ1v) is 8.17. The highest BCUT2D eigenvalue weighted by Crippen LogP contribution is 2.38. The first-order chi connectivity index (χ1) is 8.31. The van der Waals surface area contributed by atoms with Crippen LogP contribution in [0.3, 0.4) is 0 Å². The second kappa shape index (κ2) is 9.23. The van der Waals surface area contributed by atoms with Gasteiger partial charge in [0.1, 0.15) is 0 Å². The predicted octanol–water partition coefficient (Wildman–Crippen LogP) is 3.30. The smallest absolute Gasteiger partial charge is 0.0470 e.